The minimum absolute atomic E-state index is 0.113. The second kappa shape index (κ2) is 11.8. The van der Waals surface area contributed by atoms with Gasteiger partial charge >= 0.3 is 5.91 Å². The average Bonchev–Trinajstić information content (AvgIpc) is 3.72. The number of thiazole rings is 1. The maximum Gasteiger partial charge on any atom is 0.342 e. The first-order valence-electron chi connectivity index (χ1n) is 12.7. The van der Waals surface area contributed by atoms with Crippen LogP contribution in [0.4, 0.5) is 22.7 Å². The van der Waals surface area contributed by atoms with E-state index < -0.39 is 42.8 Å². The normalized spacial score (nSPS) is 18.4. The first-order valence-corrected chi connectivity index (χ1v) is 13.6. The molecule has 13 heteroatoms. The lowest BCUT2D eigenvalue weighted by molar-refractivity contribution is -0.132. The van der Waals surface area contributed by atoms with Crippen molar-refractivity contribution >= 4 is 28.1 Å². The molecule has 2 aliphatic rings. The number of halogens is 4. The molecule has 4 heterocycles. The summed E-state index contributed by atoms with van der Waals surface area (Å²) in [5.41, 5.74) is 0.431. The maximum atomic E-state index is 13.7. The molecule has 2 aromatic heterocycles. The molecule has 1 amide bonds. The van der Waals surface area contributed by atoms with Crippen LogP contribution in [0.1, 0.15) is 67.3 Å². The predicted molar refractivity (Wildman–Crippen MR) is 140 cm³/mol. The lowest BCUT2D eigenvalue weighted by atomic mass is 10.0. The molecular weight excluding hydrogens is 550 g/mol. The Morgan fingerprint density at radius 1 is 1.20 bits per heavy atom. The number of oxime groups is 1. The molecule has 1 atom stereocenters. The van der Waals surface area contributed by atoms with Gasteiger partial charge in [-0.05, 0) is 31.4 Å². The highest BCUT2D eigenvalue weighted by atomic mass is 32.1. The van der Waals surface area contributed by atoms with Crippen molar-refractivity contribution in [1.29, 1.82) is 0 Å². The number of terminal acetylenes is 1. The molecule has 0 spiro atoms. The molecule has 3 aromatic rings. The van der Waals surface area contributed by atoms with Crippen LogP contribution in [0.3, 0.4) is 0 Å². The molecule has 0 N–H and O–H groups in total. The number of aromatic nitrogens is 3. The van der Waals surface area contributed by atoms with Crippen molar-refractivity contribution in [2.45, 2.75) is 51.2 Å². The fourth-order valence-electron chi connectivity index (χ4n) is 5.01. The minimum Gasteiger partial charge on any atom is -0.481 e. The van der Waals surface area contributed by atoms with E-state index in [2.05, 4.69) is 16.2 Å². The zero-order chi connectivity index (χ0) is 28.3. The summed E-state index contributed by atoms with van der Waals surface area (Å²) in [6.07, 6.45) is 1.61. The van der Waals surface area contributed by atoms with E-state index in [4.69, 9.17) is 21.0 Å². The van der Waals surface area contributed by atoms with Crippen LogP contribution in [-0.4, -0.2) is 46.1 Å². The van der Waals surface area contributed by atoms with E-state index in [-0.39, 0.29) is 11.1 Å². The van der Waals surface area contributed by atoms with Gasteiger partial charge in [-0.1, -0.05) is 40.6 Å². The van der Waals surface area contributed by atoms with Gasteiger partial charge in [0.1, 0.15) is 35.1 Å². The number of carbonyl (C=O) groups is 1. The highest BCUT2D eigenvalue weighted by Gasteiger charge is 2.44. The van der Waals surface area contributed by atoms with Crippen molar-refractivity contribution in [2.75, 3.05) is 19.7 Å². The number of hydrogen-bond acceptors (Lipinski definition) is 7. The molecule has 0 radical (unpaired) electrons. The number of nitrogens with zero attached hydrogens (tertiary/aromatic N) is 5. The lowest BCUT2D eigenvalue weighted by Crippen LogP contribution is -2.58. The van der Waals surface area contributed by atoms with Crippen LogP contribution < -0.4 is 9.22 Å². The largest absolute Gasteiger partial charge is 0.481 e. The molecule has 0 bridgehead atoms. The monoisotopic (exact) mass is 576 g/mol. The SMILES string of the molecule is C#CCOc1ccccc1C1CC(c2csc([N+]3(C(=O)Cn4nc(C(F)F)cc4C(F)F)CCCCC3)n2)=NO1. The van der Waals surface area contributed by atoms with Crippen molar-refractivity contribution in [3.05, 3.63) is 58.4 Å². The van der Waals surface area contributed by atoms with Crippen molar-refractivity contribution in [2.24, 2.45) is 5.16 Å². The zero-order valence-electron chi connectivity index (χ0n) is 21.3. The molecule has 1 aromatic carbocycles. The Hall–Kier alpha value is -3.76. The van der Waals surface area contributed by atoms with Gasteiger partial charge in [-0.25, -0.2) is 31.5 Å². The van der Waals surface area contributed by atoms with Crippen molar-refractivity contribution < 1.29 is 31.9 Å². The second-order valence-electron chi connectivity index (χ2n) is 9.50. The quantitative estimate of drug-likeness (QED) is 0.183. The highest BCUT2D eigenvalue weighted by molar-refractivity contribution is 7.13. The van der Waals surface area contributed by atoms with Crippen LogP contribution in [-0.2, 0) is 16.2 Å². The van der Waals surface area contributed by atoms with Crippen LogP contribution >= 0.6 is 11.3 Å². The number of amides is 1. The molecule has 2 aliphatic heterocycles. The third kappa shape index (κ3) is 5.46. The Bertz CT molecular complexity index is 1440. The molecule has 0 saturated carbocycles. The molecule has 40 heavy (non-hydrogen) atoms. The van der Waals surface area contributed by atoms with Gasteiger partial charge in [0.05, 0.1) is 13.1 Å². The smallest absolute Gasteiger partial charge is 0.342 e. The Balaban J connectivity index is 1.37. The number of para-hydroxylation sites is 1. The van der Waals surface area contributed by atoms with Gasteiger partial charge in [0.25, 0.3) is 18.0 Å². The molecule has 210 valence electrons. The van der Waals surface area contributed by atoms with Gasteiger partial charge in [-0.2, -0.15) is 10.1 Å². The molecule has 1 saturated heterocycles. The minimum atomic E-state index is -3.05. The van der Waals surface area contributed by atoms with Gasteiger partial charge in [0.2, 0.25) is 0 Å². The summed E-state index contributed by atoms with van der Waals surface area (Å²) < 4.78 is 59.6. The number of hydrogen-bond donors (Lipinski definition) is 0. The molecule has 0 aliphatic carbocycles. The van der Waals surface area contributed by atoms with E-state index in [0.29, 0.717) is 52.5 Å². The summed E-state index contributed by atoms with van der Waals surface area (Å²) in [5.74, 6) is 2.60. The third-order valence-electron chi connectivity index (χ3n) is 7.02. The topological polar surface area (TPSA) is 78.6 Å². The number of ether oxygens (including phenoxy) is 1. The number of alkyl halides is 4. The number of quaternary nitrogens is 1. The van der Waals surface area contributed by atoms with E-state index in [1.165, 1.54) is 11.3 Å². The number of benzene rings is 1. The summed E-state index contributed by atoms with van der Waals surface area (Å²) in [4.78, 5) is 24.1. The highest BCUT2D eigenvalue weighted by Crippen LogP contribution is 2.38. The molecule has 5 rings (SSSR count). The molecular formula is C27H26F4N5O3S+. The van der Waals surface area contributed by atoms with Gasteiger partial charge in [0, 0.05) is 17.4 Å². The van der Waals surface area contributed by atoms with Crippen molar-refractivity contribution in [3.8, 4) is 18.1 Å². The number of piperidine rings is 1. The van der Waals surface area contributed by atoms with Gasteiger partial charge < -0.3 is 9.57 Å². The van der Waals surface area contributed by atoms with Crippen LogP contribution in [0.15, 0.2) is 40.9 Å². The first-order chi connectivity index (χ1) is 19.3. The zero-order valence-corrected chi connectivity index (χ0v) is 22.1. The van der Waals surface area contributed by atoms with Gasteiger partial charge in [-0.15, -0.1) is 6.42 Å². The number of rotatable bonds is 9. The van der Waals surface area contributed by atoms with Crippen LogP contribution in [0.5, 0.6) is 5.75 Å². The van der Waals surface area contributed by atoms with E-state index in [0.717, 1.165) is 24.8 Å². The van der Waals surface area contributed by atoms with Crippen LogP contribution in [0, 0.1) is 12.3 Å². The number of carbonyl (C=O) groups excluding carboxylic acids is 1. The molecule has 1 fully saturated rings. The van der Waals surface area contributed by atoms with Crippen molar-refractivity contribution in [1.82, 2.24) is 19.2 Å². The van der Waals surface area contributed by atoms with E-state index in [9.17, 15) is 22.4 Å². The molecule has 8 nitrogen and oxygen atoms in total. The van der Waals surface area contributed by atoms with Gasteiger partial charge in [0.15, 0.2) is 12.6 Å². The summed E-state index contributed by atoms with van der Waals surface area (Å²) in [6, 6.07) is 8.01. The van der Waals surface area contributed by atoms with E-state index in [1.54, 1.807) is 11.4 Å². The fourth-order valence-corrected chi connectivity index (χ4v) is 6.05. The maximum absolute atomic E-state index is 13.7. The summed E-state index contributed by atoms with van der Waals surface area (Å²) in [5, 5.41) is 10.1. The average molecular weight is 577 g/mol. The van der Waals surface area contributed by atoms with E-state index in [1.807, 2.05) is 18.2 Å². The summed E-state index contributed by atoms with van der Waals surface area (Å²) in [7, 11) is 0. The van der Waals surface area contributed by atoms with Crippen LogP contribution in [0.2, 0.25) is 0 Å². The summed E-state index contributed by atoms with van der Waals surface area (Å²) in [6.45, 7) is 0.387. The second-order valence-corrected chi connectivity index (χ2v) is 10.3. The van der Waals surface area contributed by atoms with Crippen molar-refractivity contribution in [3.63, 3.8) is 0 Å². The standard InChI is InChI=1S/C27H26F4N5O3S/c1-2-12-38-22-9-5-4-8-17(22)23-14-18(34-39-23)20-16-40-27(32-20)36(10-6-3-7-11-36)24(37)15-35-21(26(30)31)13-19(33-35)25(28)29/h1,4-5,8-9,13,16,23,25-26H,3,6-7,10-12,14-15H2/q+1. The summed E-state index contributed by atoms with van der Waals surface area (Å²) >= 11 is 1.27. The van der Waals surface area contributed by atoms with E-state index >= 15 is 0 Å². The Morgan fingerprint density at radius 2 is 1.98 bits per heavy atom. The number of likely N-dealkylation sites (tertiary alicyclic amines) is 1. The Labute approximate surface area is 231 Å². The van der Waals surface area contributed by atoms with Gasteiger partial charge in [-0.3, -0.25) is 0 Å². The fraction of sp³-hybridized carbons (Fsp3) is 0.407. The molecule has 1 unspecified atom stereocenters. The first kappa shape index (κ1) is 27.8. The predicted octanol–water partition coefficient (Wildman–Crippen LogP) is 5.81. The van der Waals surface area contributed by atoms with Crippen LogP contribution in [0.25, 0.3) is 0 Å². The Morgan fingerprint density at radius 3 is 2.70 bits per heavy atom. The Kier molecular flexibility index (Phi) is 8.18. The lowest BCUT2D eigenvalue weighted by Gasteiger charge is -2.36. The third-order valence-corrected chi connectivity index (χ3v) is 8.01.